The molecular weight excluding hydrogens is 236 g/mol. The molecule has 0 aromatic rings. The van der Waals surface area contributed by atoms with E-state index in [1.54, 1.807) is 7.11 Å². The zero-order valence-corrected chi connectivity index (χ0v) is 10.9. The maximum atomic E-state index is 11.6. The SMILES string of the molecule is COCC(C)CNC(=O)NC(CC(=O)O)C1CC1. The summed E-state index contributed by atoms with van der Waals surface area (Å²) in [7, 11) is 1.62. The highest BCUT2D eigenvalue weighted by Gasteiger charge is 2.33. The van der Waals surface area contributed by atoms with Crippen LogP contribution in [0.3, 0.4) is 0 Å². The van der Waals surface area contributed by atoms with E-state index in [0.717, 1.165) is 12.8 Å². The van der Waals surface area contributed by atoms with E-state index in [2.05, 4.69) is 10.6 Å². The van der Waals surface area contributed by atoms with Crippen molar-refractivity contribution < 1.29 is 19.4 Å². The summed E-state index contributed by atoms with van der Waals surface area (Å²) in [6.07, 6.45) is 1.99. The first kappa shape index (κ1) is 14.8. The molecule has 1 rings (SSSR count). The van der Waals surface area contributed by atoms with Gasteiger partial charge in [-0.25, -0.2) is 4.79 Å². The van der Waals surface area contributed by atoms with E-state index >= 15 is 0 Å². The molecule has 104 valence electrons. The zero-order valence-electron chi connectivity index (χ0n) is 10.9. The highest BCUT2D eigenvalue weighted by molar-refractivity contribution is 5.75. The van der Waals surface area contributed by atoms with Gasteiger partial charge in [0.25, 0.3) is 0 Å². The molecule has 0 spiro atoms. The molecule has 6 nitrogen and oxygen atoms in total. The van der Waals surface area contributed by atoms with Crippen LogP contribution in [0.5, 0.6) is 0 Å². The summed E-state index contributed by atoms with van der Waals surface area (Å²) in [6.45, 7) is 3.07. The number of urea groups is 1. The van der Waals surface area contributed by atoms with Crippen molar-refractivity contribution in [2.45, 2.75) is 32.2 Å². The van der Waals surface area contributed by atoms with Crippen molar-refractivity contribution in [1.29, 1.82) is 0 Å². The second-order valence-corrected chi connectivity index (χ2v) is 4.96. The lowest BCUT2D eigenvalue weighted by molar-refractivity contribution is -0.137. The Morgan fingerprint density at radius 2 is 2.11 bits per heavy atom. The van der Waals surface area contributed by atoms with Gasteiger partial charge in [-0.2, -0.15) is 0 Å². The molecule has 0 aromatic heterocycles. The van der Waals surface area contributed by atoms with Crippen LogP contribution >= 0.6 is 0 Å². The average Bonchev–Trinajstić information content (AvgIpc) is 3.09. The van der Waals surface area contributed by atoms with Crippen LogP contribution in [0.1, 0.15) is 26.2 Å². The quantitative estimate of drug-likeness (QED) is 0.601. The van der Waals surface area contributed by atoms with E-state index in [1.807, 2.05) is 6.92 Å². The first-order valence-electron chi connectivity index (χ1n) is 6.28. The van der Waals surface area contributed by atoms with Crippen molar-refractivity contribution in [1.82, 2.24) is 10.6 Å². The normalized spacial score (nSPS) is 17.9. The number of carboxylic acid groups (broad SMARTS) is 1. The molecule has 18 heavy (non-hydrogen) atoms. The highest BCUT2D eigenvalue weighted by Crippen LogP contribution is 2.33. The van der Waals surface area contributed by atoms with Gasteiger partial charge in [-0.3, -0.25) is 4.79 Å². The molecule has 1 fully saturated rings. The second kappa shape index (κ2) is 7.20. The standard InChI is InChI=1S/C12H22N2O4/c1-8(7-18-2)6-13-12(17)14-10(5-11(15)16)9-3-4-9/h8-10H,3-7H2,1-2H3,(H,15,16)(H2,13,14,17). The maximum absolute atomic E-state index is 11.6. The number of ether oxygens (including phenoxy) is 1. The van der Waals surface area contributed by atoms with Crippen LogP contribution < -0.4 is 10.6 Å². The predicted molar refractivity (Wildman–Crippen MR) is 66.3 cm³/mol. The lowest BCUT2D eigenvalue weighted by atomic mass is 10.1. The van der Waals surface area contributed by atoms with Crippen LogP contribution in [0.4, 0.5) is 4.79 Å². The van der Waals surface area contributed by atoms with Crippen molar-refractivity contribution in [3.05, 3.63) is 0 Å². The predicted octanol–water partition coefficient (Wildman–Crippen LogP) is 0.821. The Bertz CT molecular complexity index is 292. The number of hydrogen-bond acceptors (Lipinski definition) is 3. The molecule has 2 atom stereocenters. The summed E-state index contributed by atoms with van der Waals surface area (Å²) in [5, 5.41) is 14.2. The molecule has 0 saturated heterocycles. The third kappa shape index (κ3) is 5.86. The van der Waals surface area contributed by atoms with Crippen molar-refractivity contribution in [2.75, 3.05) is 20.3 Å². The van der Waals surface area contributed by atoms with Crippen molar-refractivity contribution in [3.63, 3.8) is 0 Å². The van der Waals surface area contributed by atoms with E-state index < -0.39 is 5.97 Å². The van der Waals surface area contributed by atoms with E-state index in [4.69, 9.17) is 9.84 Å². The zero-order chi connectivity index (χ0) is 13.5. The Kier molecular flexibility index (Phi) is 5.91. The number of nitrogens with one attached hydrogen (secondary N) is 2. The molecule has 0 bridgehead atoms. The van der Waals surface area contributed by atoms with Crippen LogP contribution in [0.2, 0.25) is 0 Å². The number of carboxylic acids is 1. The van der Waals surface area contributed by atoms with Gasteiger partial charge in [-0.05, 0) is 24.7 Å². The topological polar surface area (TPSA) is 87.7 Å². The number of carbonyl (C=O) groups excluding carboxylic acids is 1. The number of methoxy groups -OCH3 is 1. The molecular formula is C12H22N2O4. The largest absolute Gasteiger partial charge is 0.481 e. The number of hydrogen-bond donors (Lipinski definition) is 3. The van der Waals surface area contributed by atoms with Crippen molar-refractivity contribution >= 4 is 12.0 Å². The number of rotatable bonds is 8. The first-order valence-corrected chi connectivity index (χ1v) is 6.28. The fraction of sp³-hybridized carbons (Fsp3) is 0.833. The molecule has 0 aromatic carbocycles. The van der Waals surface area contributed by atoms with Gasteiger partial charge < -0.3 is 20.5 Å². The monoisotopic (exact) mass is 258 g/mol. The van der Waals surface area contributed by atoms with E-state index in [0.29, 0.717) is 19.1 Å². The summed E-state index contributed by atoms with van der Waals surface area (Å²) in [5.74, 6) is -0.317. The van der Waals surface area contributed by atoms with E-state index in [1.165, 1.54) is 0 Å². The Balaban J connectivity index is 2.26. The van der Waals surface area contributed by atoms with Gasteiger partial charge in [0, 0.05) is 19.7 Å². The van der Waals surface area contributed by atoms with Crippen LogP contribution in [0.15, 0.2) is 0 Å². The maximum Gasteiger partial charge on any atom is 0.315 e. The molecule has 2 unspecified atom stereocenters. The molecule has 0 heterocycles. The van der Waals surface area contributed by atoms with Crippen LogP contribution in [-0.2, 0) is 9.53 Å². The Hall–Kier alpha value is -1.30. The molecule has 3 N–H and O–H groups in total. The summed E-state index contributed by atoms with van der Waals surface area (Å²) in [6, 6.07) is -0.545. The summed E-state index contributed by atoms with van der Waals surface area (Å²) in [5.41, 5.74) is 0. The lowest BCUT2D eigenvalue weighted by Gasteiger charge is -2.18. The van der Waals surface area contributed by atoms with Gasteiger partial charge in [-0.15, -0.1) is 0 Å². The third-order valence-electron chi connectivity index (χ3n) is 2.96. The Morgan fingerprint density at radius 1 is 1.44 bits per heavy atom. The summed E-state index contributed by atoms with van der Waals surface area (Å²) in [4.78, 5) is 22.3. The van der Waals surface area contributed by atoms with E-state index in [-0.39, 0.29) is 24.4 Å². The molecule has 0 radical (unpaired) electrons. The van der Waals surface area contributed by atoms with Crippen LogP contribution in [0.25, 0.3) is 0 Å². The third-order valence-corrected chi connectivity index (χ3v) is 2.96. The first-order chi connectivity index (χ1) is 8.52. The lowest BCUT2D eigenvalue weighted by Crippen LogP contribution is -2.45. The molecule has 1 aliphatic rings. The number of amides is 2. The van der Waals surface area contributed by atoms with Crippen LogP contribution in [-0.4, -0.2) is 43.4 Å². The minimum atomic E-state index is -0.875. The van der Waals surface area contributed by atoms with Crippen molar-refractivity contribution in [3.8, 4) is 0 Å². The van der Waals surface area contributed by atoms with Gasteiger partial charge in [-0.1, -0.05) is 6.92 Å². The fourth-order valence-corrected chi connectivity index (χ4v) is 1.85. The minimum absolute atomic E-state index is 0.00822. The summed E-state index contributed by atoms with van der Waals surface area (Å²) >= 11 is 0. The average molecular weight is 258 g/mol. The van der Waals surface area contributed by atoms with Gasteiger partial charge >= 0.3 is 12.0 Å². The highest BCUT2D eigenvalue weighted by atomic mass is 16.5. The van der Waals surface area contributed by atoms with Gasteiger partial charge in [0.05, 0.1) is 13.0 Å². The van der Waals surface area contributed by atoms with Crippen molar-refractivity contribution in [2.24, 2.45) is 11.8 Å². The smallest absolute Gasteiger partial charge is 0.315 e. The molecule has 1 saturated carbocycles. The van der Waals surface area contributed by atoms with Crippen LogP contribution in [0, 0.1) is 11.8 Å². The molecule has 2 amide bonds. The Morgan fingerprint density at radius 3 is 2.61 bits per heavy atom. The number of aliphatic carboxylic acids is 1. The molecule has 0 aliphatic heterocycles. The van der Waals surface area contributed by atoms with Gasteiger partial charge in [0.1, 0.15) is 0 Å². The van der Waals surface area contributed by atoms with Gasteiger partial charge in [0.15, 0.2) is 0 Å². The number of carbonyl (C=O) groups is 2. The summed E-state index contributed by atoms with van der Waals surface area (Å²) < 4.78 is 4.97. The minimum Gasteiger partial charge on any atom is -0.481 e. The van der Waals surface area contributed by atoms with Gasteiger partial charge in [0.2, 0.25) is 0 Å². The second-order valence-electron chi connectivity index (χ2n) is 4.96. The molecule has 6 heteroatoms. The Labute approximate surface area is 107 Å². The fourth-order valence-electron chi connectivity index (χ4n) is 1.85. The van der Waals surface area contributed by atoms with E-state index in [9.17, 15) is 9.59 Å². The molecule has 1 aliphatic carbocycles.